The maximum absolute atomic E-state index is 11.6. The van der Waals surface area contributed by atoms with E-state index in [1.54, 1.807) is 0 Å². The van der Waals surface area contributed by atoms with Crippen LogP contribution in [0, 0.1) is 0 Å². The molecule has 8 heteroatoms. The fourth-order valence-electron chi connectivity index (χ4n) is 1.51. The minimum Gasteiger partial charge on any atom is -0.301 e. The van der Waals surface area contributed by atoms with Crippen LogP contribution in [0.15, 0.2) is 27.1 Å². The van der Waals surface area contributed by atoms with Crippen molar-refractivity contribution in [3.8, 4) is 0 Å². The largest absolute Gasteiger partial charge is 0.301 e. The summed E-state index contributed by atoms with van der Waals surface area (Å²) in [5.41, 5.74) is 0.525. The highest BCUT2D eigenvalue weighted by molar-refractivity contribution is 7.99. The van der Waals surface area contributed by atoms with Crippen LogP contribution < -0.4 is 5.56 Å². The van der Waals surface area contributed by atoms with Gasteiger partial charge in [0.2, 0.25) is 0 Å². The molecular formula is C12H10Cl3N3OS. The molecule has 0 atom stereocenters. The fraction of sp³-hybridized carbons (Fsp3) is 0.250. The molecule has 20 heavy (non-hydrogen) atoms. The third-order valence-corrected chi connectivity index (χ3v) is 4.29. The van der Waals surface area contributed by atoms with Crippen LogP contribution in [0.5, 0.6) is 0 Å². The molecule has 0 aliphatic heterocycles. The Labute approximate surface area is 134 Å². The van der Waals surface area contributed by atoms with Crippen LogP contribution in [0.25, 0.3) is 0 Å². The topological polar surface area (TPSA) is 58.6 Å². The van der Waals surface area contributed by atoms with E-state index in [4.69, 9.17) is 34.8 Å². The summed E-state index contributed by atoms with van der Waals surface area (Å²) < 4.78 is 0. The van der Waals surface area contributed by atoms with Gasteiger partial charge in [-0.2, -0.15) is 0 Å². The van der Waals surface area contributed by atoms with Gasteiger partial charge in [-0.3, -0.25) is 4.79 Å². The third kappa shape index (κ3) is 3.88. The maximum Gasteiger partial charge on any atom is 0.251 e. The van der Waals surface area contributed by atoms with Crippen LogP contribution in [-0.4, -0.2) is 15.0 Å². The van der Waals surface area contributed by atoms with E-state index >= 15 is 0 Å². The van der Waals surface area contributed by atoms with Crippen molar-refractivity contribution in [1.82, 2.24) is 15.0 Å². The first kappa shape index (κ1) is 15.6. The minimum absolute atomic E-state index is 0.158. The molecule has 0 radical (unpaired) electrons. The summed E-state index contributed by atoms with van der Waals surface area (Å²) in [7, 11) is 0. The van der Waals surface area contributed by atoms with Gasteiger partial charge in [-0.05, 0) is 24.2 Å². The Hall–Kier alpha value is -0.750. The lowest BCUT2D eigenvalue weighted by Gasteiger charge is -2.05. The number of rotatable bonds is 4. The van der Waals surface area contributed by atoms with Crippen LogP contribution in [0.4, 0.5) is 0 Å². The maximum atomic E-state index is 11.6. The highest BCUT2D eigenvalue weighted by Gasteiger charge is 2.11. The Morgan fingerprint density at radius 2 is 1.95 bits per heavy atom. The zero-order chi connectivity index (χ0) is 14.7. The molecule has 0 saturated carbocycles. The standard InChI is InChI=1S/C12H10Cl3N3OS/c1-2-3-6-4-9(19)17-12(16-6)20-11-8(14)5-7(13)10(15)18-11/h4-5H,2-3H2,1H3,(H,16,17,19). The summed E-state index contributed by atoms with van der Waals surface area (Å²) in [5.74, 6) is 0. The minimum atomic E-state index is -0.206. The summed E-state index contributed by atoms with van der Waals surface area (Å²) in [4.78, 5) is 22.6. The molecule has 0 bridgehead atoms. The molecule has 2 heterocycles. The van der Waals surface area contributed by atoms with Crippen molar-refractivity contribution < 1.29 is 0 Å². The van der Waals surface area contributed by atoms with Crippen LogP contribution in [-0.2, 0) is 6.42 Å². The van der Waals surface area contributed by atoms with Gasteiger partial charge in [0.05, 0.1) is 10.0 Å². The smallest absolute Gasteiger partial charge is 0.251 e. The van der Waals surface area contributed by atoms with Crippen molar-refractivity contribution in [3.63, 3.8) is 0 Å². The number of nitrogens with zero attached hydrogens (tertiary/aromatic N) is 2. The Bertz CT molecular complexity index is 690. The summed E-state index contributed by atoms with van der Waals surface area (Å²) in [6, 6.07) is 2.99. The number of H-pyrrole nitrogens is 1. The number of pyridine rings is 1. The van der Waals surface area contributed by atoms with E-state index in [0.717, 1.165) is 30.3 Å². The van der Waals surface area contributed by atoms with Gasteiger partial charge in [0, 0.05) is 11.8 Å². The van der Waals surface area contributed by atoms with Gasteiger partial charge in [-0.25, -0.2) is 9.97 Å². The summed E-state index contributed by atoms with van der Waals surface area (Å²) >= 11 is 18.9. The molecule has 0 saturated heterocycles. The molecule has 0 aliphatic rings. The van der Waals surface area contributed by atoms with Gasteiger partial charge < -0.3 is 4.98 Å². The summed E-state index contributed by atoms with van der Waals surface area (Å²) in [5, 5.41) is 1.66. The first-order chi connectivity index (χ1) is 9.49. The zero-order valence-electron chi connectivity index (χ0n) is 10.4. The lowest BCUT2D eigenvalue weighted by Crippen LogP contribution is -2.10. The second-order valence-electron chi connectivity index (χ2n) is 3.94. The molecule has 0 fully saturated rings. The SMILES string of the molecule is CCCc1cc(=O)[nH]c(Sc2nc(Cl)c(Cl)cc2Cl)n1. The number of hydrogen-bond donors (Lipinski definition) is 1. The quantitative estimate of drug-likeness (QED) is 0.662. The van der Waals surface area contributed by atoms with E-state index in [2.05, 4.69) is 15.0 Å². The molecule has 0 unspecified atom stereocenters. The van der Waals surface area contributed by atoms with Gasteiger partial charge in [-0.15, -0.1) is 0 Å². The van der Waals surface area contributed by atoms with E-state index in [9.17, 15) is 4.79 Å². The summed E-state index contributed by atoms with van der Waals surface area (Å²) in [6.07, 6.45) is 1.65. The number of nitrogens with one attached hydrogen (secondary N) is 1. The Morgan fingerprint density at radius 1 is 1.20 bits per heavy atom. The molecule has 1 N–H and O–H groups in total. The molecule has 106 valence electrons. The fourth-order valence-corrected chi connectivity index (χ4v) is 2.96. The van der Waals surface area contributed by atoms with E-state index in [0.29, 0.717) is 15.2 Å². The molecule has 0 aliphatic carbocycles. The lowest BCUT2D eigenvalue weighted by molar-refractivity contribution is 0.815. The zero-order valence-corrected chi connectivity index (χ0v) is 13.5. The lowest BCUT2D eigenvalue weighted by atomic mass is 10.2. The highest BCUT2D eigenvalue weighted by atomic mass is 35.5. The molecule has 0 aromatic carbocycles. The normalized spacial score (nSPS) is 10.8. The number of aromatic amines is 1. The van der Waals surface area contributed by atoms with Gasteiger partial charge in [0.25, 0.3) is 5.56 Å². The van der Waals surface area contributed by atoms with E-state index in [-0.39, 0.29) is 15.7 Å². The van der Waals surface area contributed by atoms with Crippen molar-refractivity contribution in [1.29, 1.82) is 0 Å². The molecule has 0 spiro atoms. The molecule has 2 aromatic heterocycles. The number of halogens is 3. The molecule has 2 rings (SSSR count). The predicted octanol–water partition coefficient (Wildman–Crippen LogP) is 4.23. The molecular weight excluding hydrogens is 341 g/mol. The highest BCUT2D eigenvalue weighted by Crippen LogP contribution is 2.33. The predicted molar refractivity (Wildman–Crippen MR) is 82.2 cm³/mol. The Kier molecular flexibility index (Phi) is 5.32. The van der Waals surface area contributed by atoms with Crippen LogP contribution in [0.1, 0.15) is 19.0 Å². The average molecular weight is 351 g/mol. The van der Waals surface area contributed by atoms with Gasteiger partial charge in [0.1, 0.15) is 10.2 Å². The van der Waals surface area contributed by atoms with Crippen molar-refractivity contribution in [2.45, 2.75) is 29.9 Å². The first-order valence-corrected chi connectivity index (χ1v) is 7.74. The average Bonchev–Trinajstić information content (AvgIpc) is 2.35. The van der Waals surface area contributed by atoms with Crippen LogP contribution >= 0.6 is 46.6 Å². The molecule has 0 amide bonds. The third-order valence-electron chi connectivity index (χ3n) is 2.33. The number of aromatic nitrogens is 3. The second kappa shape index (κ2) is 6.80. The number of aryl methyl sites for hydroxylation is 1. The molecule has 2 aromatic rings. The van der Waals surface area contributed by atoms with Crippen molar-refractivity contribution in [2.75, 3.05) is 0 Å². The second-order valence-corrected chi connectivity index (χ2v) is 6.09. The Morgan fingerprint density at radius 3 is 2.65 bits per heavy atom. The van der Waals surface area contributed by atoms with Gasteiger partial charge >= 0.3 is 0 Å². The molecule has 4 nitrogen and oxygen atoms in total. The summed E-state index contributed by atoms with van der Waals surface area (Å²) in [6.45, 7) is 2.02. The number of hydrogen-bond acceptors (Lipinski definition) is 4. The van der Waals surface area contributed by atoms with E-state index in [1.165, 1.54) is 12.1 Å². The van der Waals surface area contributed by atoms with Crippen molar-refractivity contribution >= 4 is 46.6 Å². The van der Waals surface area contributed by atoms with Crippen molar-refractivity contribution in [3.05, 3.63) is 43.4 Å². The van der Waals surface area contributed by atoms with Crippen molar-refractivity contribution in [2.24, 2.45) is 0 Å². The van der Waals surface area contributed by atoms with Gasteiger partial charge in [-0.1, -0.05) is 48.1 Å². The Balaban J connectivity index is 2.34. The van der Waals surface area contributed by atoms with Crippen LogP contribution in [0.2, 0.25) is 15.2 Å². The first-order valence-electron chi connectivity index (χ1n) is 5.79. The van der Waals surface area contributed by atoms with Crippen LogP contribution in [0.3, 0.4) is 0 Å². The van der Waals surface area contributed by atoms with E-state index in [1.807, 2.05) is 6.92 Å². The van der Waals surface area contributed by atoms with Gasteiger partial charge in [0.15, 0.2) is 5.16 Å². The van der Waals surface area contributed by atoms with E-state index < -0.39 is 0 Å². The monoisotopic (exact) mass is 349 g/mol.